The minimum Gasteiger partial charge on any atom is -0.224 e. The van der Waals surface area contributed by atoms with E-state index in [1.807, 2.05) is 24.5 Å². The first kappa shape index (κ1) is 10.1. The second-order valence-electron chi connectivity index (χ2n) is 3.10. The van der Waals surface area contributed by atoms with Crippen LogP contribution in [0.4, 0.5) is 0 Å². The highest BCUT2D eigenvalue weighted by Gasteiger charge is 2.00. The van der Waals surface area contributed by atoms with E-state index in [2.05, 4.69) is 27.3 Å². The third-order valence-corrected chi connectivity index (χ3v) is 2.54. The van der Waals surface area contributed by atoms with E-state index in [-0.39, 0.29) is 0 Å². The van der Waals surface area contributed by atoms with Gasteiger partial charge in [-0.05, 0) is 11.8 Å². The molecule has 0 aliphatic carbocycles. The summed E-state index contributed by atoms with van der Waals surface area (Å²) in [4.78, 5) is 4.38. The first-order valence-corrected chi connectivity index (χ1v) is 5.87. The quantitative estimate of drug-likeness (QED) is 0.739. The Morgan fingerprint density at radius 3 is 2.73 bits per heavy atom. The van der Waals surface area contributed by atoms with Crippen molar-refractivity contribution in [1.29, 1.82) is 0 Å². The molecule has 76 valence electrons. The van der Waals surface area contributed by atoms with Crippen LogP contribution in [-0.4, -0.2) is 21.4 Å². The van der Waals surface area contributed by atoms with Crippen LogP contribution in [0.5, 0.6) is 0 Å². The molecule has 0 saturated heterocycles. The Kier molecular flexibility index (Phi) is 3.29. The van der Waals surface area contributed by atoms with Crippen molar-refractivity contribution in [3.63, 3.8) is 0 Å². The van der Waals surface area contributed by atoms with Crippen molar-refractivity contribution >= 4 is 11.8 Å². The highest BCUT2D eigenvalue weighted by Crippen LogP contribution is 2.09. The molecule has 15 heavy (non-hydrogen) atoms. The zero-order chi connectivity index (χ0) is 10.5. The van der Waals surface area contributed by atoms with Gasteiger partial charge >= 0.3 is 0 Å². The van der Waals surface area contributed by atoms with E-state index in [0.29, 0.717) is 0 Å². The van der Waals surface area contributed by atoms with E-state index in [1.165, 1.54) is 17.3 Å². The number of thioether (sulfide) groups is 1. The third-order valence-electron chi connectivity index (χ3n) is 2.00. The molecule has 1 heterocycles. The third kappa shape index (κ3) is 2.76. The molecule has 0 N–H and O–H groups in total. The van der Waals surface area contributed by atoms with Gasteiger partial charge in [-0.25, -0.2) is 4.98 Å². The van der Waals surface area contributed by atoms with Gasteiger partial charge in [0, 0.05) is 6.42 Å². The van der Waals surface area contributed by atoms with E-state index >= 15 is 0 Å². The summed E-state index contributed by atoms with van der Waals surface area (Å²) in [6.07, 6.45) is 4.47. The maximum absolute atomic E-state index is 4.38. The summed E-state index contributed by atoms with van der Waals surface area (Å²) < 4.78 is 0. The van der Waals surface area contributed by atoms with Gasteiger partial charge in [0.2, 0.25) is 5.16 Å². The molecule has 1 aromatic heterocycles. The van der Waals surface area contributed by atoms with Crippen LogP contribution in [0.2, 0.25) is 0 Å². The van der Waals surface area contributed by atoms with Crippen LogP contribution in [-0.2, 0) is 6.42 Å². The van der Waals surface area contributed by atoms with Crippen molar-refractivity contribution in [2.24, 2.45) is 0 Å². The van der Waals surface area contributed by atoms with E-state index in [9.17, 15) is 0 Å². The first-order chi connectivity index (χ1) is 7.38. The second kappa shape index (κ2) is 4.89. The molecule has 0 aliphatic heterocycles. The molecule has 4 heteroatoms. The molecule has 0 spiro atoms. The van der Waals surface area contributed by atoms with Crippen LogP contribution in [0.1, 0.15) is 11.3 Å². The second-order valence-corrected chi connectivity index (χ2v) is 3.87. The topological polar surface area (TPSA) is 38.7 Å². The molecule has 0 unspecified atom stereocenters. The predicted molar refractivity (Wildman–Crippen MR) is 60.9 cm³/mol. The lowest BCUT2D eigenvalue weighted by atomic mass is 10.1. The molecule has 3 nitrogen and oxygen atoms in total. The summed E-state index contributed by atoms with van der Waals surface area (Å²) in [6.45, 7) is 0. The predicted octanol–water partition coefficient (Wildman–Crippen LogP) is 2.18. The molecule has 2 aromatic rings. The molecule has 1 aromatic carbocycles. The van der Waals surface area contributed by atoms with Crippen molar-refractivity contribution in [1.82, 2.24) is 15.2 Å². The highest BCUT2D eigenvalue weighted by atomic mass is 32.2. The SMILES string of the molecule is CSc1nncc(Cc2ccccc2)n1. The molecule has 0 atom stereocenters. The lowest BCUT2D eigenvalue weighted by molar-refractivity contribution is 0.802. The molecular formula is C11H11N3S. The summed E-state index contributed by atoms with van der Waals surface area (Å²) in [6, 6.07) is 10.2. The molecule has 0 aliphatic rings. The smallest absolute Gasteiger partial charge is 0.209 e. The van der Waals surface area contributed by atoms with Crippen molar-refractivity contribution in [2.75, 3.05) is 6.26 Å². The Labute approximate surface area is 93.0 Å². The van der Waals surface area contributed by atoms with Gasteiger partial charge in [-0.3, -0.25) is 0 Å². The van der Waals surface area contributed by atoms with Crippen molar-refractivity contribution in [2.45, 2.75) is 11.6 Å². The highest BCUT2D eigenvalue weighted by molar-refractivity contribution is 7.98. The summed E-state index contributed by atoms with van der Waals surface area (Å²) in [7, 11) is 0. The Morgan fingerprint density at radius 2 is 2.00 bits per heavy atom. The number of hydrogen-bond donors (Lipinski definition) is 0. The fourth-order valence-corrected chi connectivity index (χ4v) is 1.63. The maximum Gasteiger partial charge on any atom is 0.209 e. The van der Waals surface area contributed by atoms with Crippen molar-refractivity contribution < 1.29 is 0 Å². The van der Waals surface area contributed by atoms with Gasteiger partial charge in [-0.15, -0.1) is 5.10 Å². The van der Waals surface area contributed by atoms with Crippen molar-refractivity contribution in [3.8, 4) is 0 Å². The largest absolute Gasteiger partial charge is 0.224 e. The number of hydrogen-bond acceptors (Lipinski definition) is 4. The van der Waals surface area contributed by atoms with E-state index in [1.54, 1.807) is 6.20 Å². The van der Waals surface area contributed by atoms with Gasteiger partial charge in [0.05, 0.1) is 11.9 Å². The van der Waals surface area contributed by atoms with Crippen LogP contribution in [0.3, 0.4) is 0 Å². The van der Waals surface area contributed by atoms with Gasteiger partial charge in [0.25, 0.3) is 0 Å². The zero-order valence-electron chi connectivity index (χ0n) is 8.42. The average Bonchev–Trinajstić information content (AvgIpc) is 2.31. The number of benzene rings is 1. The molecule has 0 bridgehead atoms. The minimum absolute atomic E-state index is 0.725. The van der Waals surface area contributed by atoms with Crippen LogP contribution in [0.15, 0.2) is 41.7 Å². The number of rotatable bonds is 3. The Bertz CT molecular complexity index is 431. The van der Waals surface area contributed by atoms with E-state index in [4.69, 9.17) is 0 Å². The summed E-state index contributed by atoms with van der Waals surface area (Å²) in [5.74, 6) is 0. The van der Waals surface area contributed by atoms with Gasteiger partial charge in [0.15, 0.2) is 0 Å². The van der Waals surface area contributed by atoms with Gasteiger partial charge < -0.3 is 0 Å². The van der Waals surface area contributed by atoms with Crippen LogP contribution < -0.4 is 0 Å². The van der Waals surface area contributed by atoms with Crippen molar-refractivity contribution in [3.05, 3.63) is 47.8 Å². The van der Waals surface area contributed by atoms with E-state index < -0.39 is 0 Å². The molecule has 0 fully saturated rings. The lowest BCUT2D eigenvalue weighted by Crippen LogP contribution is -1.97. The summed E-state index contributed by atoms with van der Waals surface area (Å²) in [5, 5.41) is 8.55. The standard InChI is InChI=1S/C11H11N3S/c1-15-11-13-10(8-12-14-11)7-9-5-3-2-4-6-9/h2-6,8H,7H2,1H3. The monoisotopic (exact) mass is 217 g/mol. The van der Waals surface area contributed by atoms with E-state index in [0.717, 1.165) is 17.3 Å². The number of aromatic nitrogens is 3. The fraction of sp³-hybridized carbons (Fsp3) is 0.182. The number of nitrogens with zero attached hydrogens (tertiary/aromatic N) is 3. The Hall–Kier alpha value is -1.42. The molecule has 2 rings (SSSR count). The van der Waals surface area contributed by atoms with Crippen LogP contribution in [0.25, 0.3) is 0 Å². The molecular weight excluding hydrogens is 206 g/mol. The summed E-state index contributed by atoms with van der Waals surface area (Å²) in [5.41, 5.74) is 2.20. The molecule has 0 saturated carbocycles. The van der Waals surface area contributed by atoms with Gasteiger partial charge in [-0.1, -0.05) is 42.1 Å². The minimum atomic E-state index is 0.725. The average molecular weight is 217 g/mol. The zero-order valence-corrected chi connectivity index (χ0v) is 9.24. The molecule has 0 radical (unpaired) electrons. The first-order valence-electron chi connectivity index (χ1n) is 4.65. The fourth-order valence-electron chi connectivity index (χ4n) is 1.30. The maximum atomic E-state index is 4.38. The van der Waals surface area contributed by atoms with Crippen LogP contribution >= 0.6 is 11.8 Å². The van der Waals surface area contributed by atoms with Crippen LogP contribution in [0, 0.1) is 0 Å². The van der Waals surface area contributed by atoms with Gasteiger partial charge in [0.1, 0.15) is 0 Å². The Balaban J connectivity index is 2.17. The lowest BCUT2D eigenvalue weighted by Gasteiger charge is -2.00. The van der Waals surface area contributed by atoms with Gasteiger partial charge in [-0.2, -0.15) is 5.10 Å². The normalized spacial score (nSPS) is 10.2. The Morgan fingerprint density at radius 1 is 1.20 bits per heavy atom. The summed E-state index contributed by atoms with van der Waals surface area (Å²) >= 11 is 1.51. The molecule has 0 amide bonds.